The highest BCUT2D eigenvalue weighted by Crippen LogP contribution is 2.37. The number of carboxylic acids is 1. The second-order valence-corrected chi connectivity index (χ2v) is 16.0. The van der Waals surface area contributed by atoms with Gasteiger partial charge in [0.25, 0.3) is 11.8 Å². The lowest BCUT2D eigenvalue weighted by atomic mass is 9.90. The van der Waals surface area contributed by atoms with Gasteiger partial charge in [-0.15, -0.1) is 0 Å². The van der Waals surface area contributed by atoms with Crippen molar-refractivity contribution >= 4 is 51.9 Å². The number of alkyl halides is 3. The summed E-state index contributed by atoms with van der Waals surface area (Å²) in [7, 11) is 1.41. The molecule has 20 heteroatoms. The molecule has 1 aromatic carbocycles. The van der Waals surface area contributed by atoms with E-state index in [2.05, 4.69) is 30.7 Å². The van der Waals surface area contributed by atoms with Crippen molar-refractivity contribution in [2.45, 2.75) is 19.0 Å². The third kappa shape index (κ3) is 8.13. The largest absolute Gasteiger partial charge is 0.477 e. The fraction of sp³-hybridized carbons (Fsp3) is 0.410. The number of anilines is 1. The minimum atomic E-state index is -4.83. The van der Waals surface area contributed by atoms with Crippen LogP contribution in [0.15, 0.2) is 55.1 Å². The summed E-state index contributed by atoms with van der Waals surface area (Å²) < 4.78 is 45.4. The average molecular weight is 837 g/mol. The van der Waals surface area contributed by atoms with Gasteiger partial charge in [0.05, 0.1) is 59.4 Å². The predicted octanol–water partition coefficient (Wildman–Crippen LogP) is 3.89. The number of carboxylic acid groups (broad SMARTS) is 1. The lowest BCUT2D eigenvalue weighted by molar-refractivity contribution is -0.929. The molecule has 0 atom stereocenters. The SMILES string of the molecule is Cn1c(-c2cn(-c3cc4cc[nH]c4cn3)nc2C(F)(F)F)cnc1C(=O)Nc1ccc(C(=O)N2CCN(C(=O)C3CC[N+](CC(=O)O)(CC4CNC4)CC3)CC2)c(Cl)c1. The van der Waals surface area contributed by atoms with Crippen LogP contribution in [-0.2, 0) is 22.8 Å². The summed E-state index contributed by atoms with van der Waals surface area (Å²) in [5.41, 5.74) is -0.345. The Morgan fingerprint density at radius 2 is 1.73 bits per heavy atom. The molecule has 3 saturated heterocycles. The van der Waals surface area contributed by atoms with Crippen LogP contribution >= 0.6 is 11.6 Å². The van der Waals surface area contributed by atoms with Crippen molar-refractivity contribution in [1.82, 2.24) is 44.4 Å². The molecular weight excluding hydrogens is 795 g/mol. The van der Waals surface area contributed by atoms with E-state index in [1.54, 1.807) is 28.1 Å². The molecule has 3 fully saturated rings. The van der Waals surface area contributed by atoms with Gasteiger partial charge in [0.1, 0.15) is 0 Å². The molecule has 7 heterocycles. The number of benzene rings is 1. The predicted molar refractivity (Wildman–Crippen MR) is 209 cm³/mol. The molecule has 3 aliphatic heterocycles. The molecule has 4 N–H and O–H groups in total. The number of hydrogen-bond acceptors (Lipinski definition) is 8. The first-order valence-electron chi connectivity index (χ1n) is 19.3. The van der Waals surface area contributed by atoms with E-state index >= 15 is 0 Å². The van der Waals surface area contributed by atoms with E-state index in [-0.39, 0.29) is 63.5 Å². The summed E-state index contributed by atoms with van der Waals surface area (Å²) in [6, 6.07) is 7.74. The zero-order chi connectivity index (χ0) is 41.6. The van der Waals surface area contributed by atoms with E-state index < -0.39 is 23.7 Å². The van der Waals surface area contributed by atoms with Gasteiger partial charge in [0.15, 0.2) is 23.9 Å². The number of aromatic amines is 1. The van der Waals surface area contributed by atoms with Crippen LogP contribution in [0.5, 0.6) is 0 Å². The number of halogens is 4. The van der Waals surface area contributed by atoms with Gasteiger partial charge < -0.3 is 39.6 Å². The normalized spacial score (nSPS) is 20.1. The van der Waals surface area contributed by atoms with Crippen LogP contribution in [0, 0.1) is 11.8 Å². The highest BCUT2D eigenvalue weighted by atomic mass is 35.5. The number of piperidine rings is 1. The Morgan fingerprint density at radius 1 is 1.00 bits per heavy atom. The Labute approximate surface area is 340 Å². The maximum absolute atomic E-state index is 14.2. The summed E-state index contributed by atoms with van der Waals surface area (Å²) in [5.74, 6) is -1.60. The number of quaternary nitrogens is 1. The maximum atomic E-state index is 14.2. The fourth-order valence-corrected chi connectivity index (χ4v) is 8.68. The van der Waals surface area contributed by atoms with Gasteiger partial charge in [-0.25, -0.2) is 19.4 Å². The quantitative estimate of drug-likeness (QED) is 0.152. The summed E-state index contributed by atoms with van der Waals surface area (Å²) in [6.45, 7) is 5.26. The minimum absolute atomic E-state index is 0.00912. The number of hydrogen-bond donors (Lipinski definition) is 4. The molecule has 8 rings (SSSR count). The molecule has 0 saturated carbocycles. The first kappa shape index (κ1) is 40.0. The third-order valence-corrected chi connectivity index (χ3v) is 12.0. The van der Waals surface area contributed by atoms with E-state index in [0.29, 0.717) is 68.0 Å². The van der Waals surface area contributed by atoms with E-state index in [9.17, 15) is 37.5 Å². The maximum Gasteiger partial charge on any atom is 0.435 e. The van der Waals surface area contributed by atoms with Crippen molar-refractivity contribution in [3.8, 4) is 17.1 Å². The van der Waals surface area contributed by atoms with Gasteiger partial charge in [0.2, 0.25) is 5.91 Å². The van der Waals surface area contributed by atoms with Crippen molar-refractivity contribution in [2.24, 2.45) is 18.9 Å². The number of carbonyl (C=O) groups is 4. The molecule has 4 aromatic heterocycles. The van der Waals surface area contributed by atoms with Crippen molar-refractivity contribution in [2.75, 3.05) is 70.8 Å². The molecule has 0 aliphatic carbocycles. The molecule has 0 radical (unpaired) electrons. The van der Waals surface area contributed by atoms with Crippen LogP contribution in [0.25, 0.3) is 28.0 Å². The number of piperazine rings is 1. The number of likely N-dealkylation sites (tertiary alicyclic amines) is 1. The number of imidazole rings is 1. The standard InChI is InChI=1S/C39H41ClF3N11O5/c1-50-31(28-20-53(49-34(28)39(41,42)43)32-14-25-4-7-45-30(25)18-46-32)19-47-35(50)36(57)48-26-2-3-27(29(40)15-26)38(59)52-10-8-51(9-11-52)37(58)24-5-12-54(13-6-24,22-33(55)56)21-23-16-44-17-23/h2-4,7,14-15,18-20,23-24,44H,5-6,8-13,16-17,21-22H2,1H3,(H2-,45,46,48,55,56,57,59)/p+1. The number of carbonyl (C=O) groups excluding carboxylic acids is 3. The lowest BCUT2D eigenvalue weighted by Gasteiger charge is -2.46. The number of pyridine rings is 1. The molecule has 0 unspecified atom stereocenters. The number of amides is 3. The van der Waals surface area contributed by atoms with Crippen LogP contribution in [0.1, 0.15) is 39.5 Å². The summed E-state index contributed by atoms with van der Waals surface area (Å²) in [5, 5.41) is 20.1. The first-order valence-corrected chi connectivity index (χ1v) is 19.6. The molecule has 59 heavy (non-hydrogen) atoms. The molecule has 3 aliphatic rings. The van der Waals surface area contributed by atoms with Crippen LogP contribution in [0.3, 0.4) is 0 Å². The second-order valence-electron chi connectivity index (χ2n) is 15.6. The van der Waals surface area contributed by atoms with Crippen LogP contribution < -0.4 is 10.6 Å². The Hall–Kier alpha value is -5.79. The topological polar surface area (TPSA) is 183 Å². The zero-order valence-electron chi connectivity index (χ0n) is 32.0. The van der Waals surface area contributed by atoms with Crippen LogP contribution in [-0.4, -0.2) is 138 Å². The summed E-state index contributed by atoms with van der Waals surface area (Å²) in [6.07, 6.45) is 1.96. The second kappa shape index (κ2) is 15.8. The molecule has 0 spiro atoms. The highest BCUT2D eigenvalue weighted by molar-refractivity contribution is 6.34. The number of nitrogens with zero attached hydrogens (tertiary/aromatic N) is 8. The van der Waals surface area contributed by atoms with E-state index in [1.807, 2.05) is 0 Å². The Bertz CT molecular complexity index is 2430. The summed E-state index contributed by atoms with van der Waals surface area (Å²) in [4.78, 5) is 66.8. The molecule has 310 valence electrons. The Morgan fingerprint density at radius 3 is 2.39 bits per heavy atom. The van der Waals surface area contributed by atoms with Crippen molar-refractivity contribution in [1.29, 1.82) is 0 Å². The highest BCUT2D eigenvalue weighted by Gasteiger charge is 2.42. The first-order chi connectivity index (χ1) is 28.2. The molecule has 16 nitrogen and oxygen atoms in total. The molecule has 5 aromatic rings. The number of aromatic nitrogens is 6. The van der Waals surface area contributed by atoms with Crippen molar-refractivity contribution < 1.29 is 41.9 Å². The smallest absolute Gasteiger partial charge is 0.435 e. The van der Waals surface area contributed by atoms with E-state index in [4.69, 9.17) is 11.6 Å². The van der Waals surface area contributed by atoms with Gasteiger partial charge in [-0.1, -0.05) is 11.6 Å². The number of fused-ring (bicyclic) bond motifs is 1. The lowest BCUT2D eigenvalue weighted by Crippen LogP contribution is -2.62. The Balaban J connectivity index is 0.883. The average Bonchev–Trinajstić information content (AvgIpc) is 3.94. The number of rotatable bonds is 10. The van der Waals surface area contributed by atoms with E-state index in [0.717, 1.165) is 35.9 Å². The zero-order valence-corrected chi connectivity index (χ0v) is 32.8. The number of nitrogens with one attached hydrogen (secondary N) is 3. The van der Waals surface area contributed by atoms with Gasteiger partial charge in [-0.2, -0.15) is 18.3 Å². The van der Waals surface area contributed by atoms with Crippen LogP contribution in [0.2, 0.25) is 5.02 Å². The fourth-order valence-electron chi connectivity index (χ4n) is 8.41. The van der Waals surface area contributed by atoms with Gasteiger partial charge in [-0.3, -0.25) is 14.4 Å². The summed E-state index contributed by atoms with van der Waals surface area (Å²) >= 11 is 6.56. The molecular formula is C39H42ClF3N11O5+. The number of H-pyrrole nitrogens is 1. The number of aliphatic carboxylic acids is 1. The van der Waals surface area contributed by atoms with Crippen molar-refractivity contribution in [3.05, 3.63) is 77.2 Å². The van der Waals surface area contributed by atoms with Crippen LogP contribution in [0.4, 0.5) is 18.9 Å². The molecule has 3 amide bonds. The van der Waals surface area contributed by atoms with E-state index in [1.165, 1.54) is 42.2 Å². The third-order valence-electron chi connectivity index (χ3n) is 11.7. The van der Waals surface area contributed by atoms with Gasteiger partial charge in [0, 0.05) is 94.5 Å². The van der Waals surface area contributed by atoms with Gasteiger partial charge in [-0.05, 0) is 30.3 Å². The van der Waals surface area contributed by atoms with Crippen molar-refractivity contribution in [3.63, 3.8) is 0 Å². The Kier molecular flexibility index (Phi) is 10.7. The minimum Gasteiger partial charge on any atom is -0.477 e. The van der Waals surface area contributed by atoms with Gasteiger partial charge >= 0.3 is 12.1 Å². The monoisotopic (exact) mass is 836 g/mol. The molecule has 0 bridgehead atoms.